The van der Waals surface area contributed by atoms with E-state index in [0.29, 0.717) is 11.4 Å². The fraction of sp³-hybridized carbons (Fsp3) is 0.316. The molecule has 25 heavy (non-hydrogen) atoms. The van der Waals surface area contributed by atoms with Crippen LogP contribution in [0.3, 0.4) is 0 Å². The lowest BCUT2D eigenvalue weighted by atomic mass is 10.1. The predicted molar refractivity (Wildman–Crippen MR) is 93.7 cm³/mol. The number of carboxylic acids is 1. The van der Waals surface area contributed by atoms with Gasteiger partial charge in [0.2, 0.25) is 5.88 Å². The Morgan fingerprint density at radius 2 is 1.96 bits per heavy atom. The van der Waals surface area contributed by atoms with E-state index in [1.807, 2.05) is 44.2 Å². The summed E-state index contributed by atoms with van der Waals surface area (Å²) in [5.41, 5.74) is 1.15. The zero-order valence-corrected chi connectivity index (χ0v) is 14.3. The number of pyridine rings is 1. The molecule has 0 saturated heterocycles. The van der Waals surface area contributed by atoms with E-state index in [0.717, 1.165) is 12.0 Å². The van der Waals surface area contributed by atoms with E-state index < -0.39 is 17.9 Å². The molecule has 132 valence electrons. The molecule has 6 heteroatoms. The summed E-state index contributed by atoms with van der Waals surface area (Å²) in [6, 6.07) is 11.2. The van der Waals surface area contributed by atoms with Gasteiger partial charge in [-0.15, -0.1) is 0 Å². The maximum Gasteiger partial charge on any atom is 0.326 e. The van der Waals surface area contributed by atoms with Crippen molar-refractivity contribution >= 4 is 11.9 Å². The molecule has 0 radical (unpaired) electrons. The molecule has 2 rings (SSSR count). The lowest BCUT2D eigenvalue weighted by molar-refractivity contribution is -0.139. The number of aliphatic carboxylic acids is 1. The molecule has 1 heterocycles. The van der Waals surface area contributed by atoms with Gasteiger partial charge in [-0.2, -0.15) is 0 Å². The molecule has 2 N–H and O–H groups in total. The van der Waals surface area contributed by atoms with Gasteiger partial charge in [-0.1, -0.05) is 37.3 Å². The Kier molecular flexibility index (Phi) is 6.51. The summed E-state index contributed by atoms with van der Waals surface area (Å²) in [6.07, 6.45) is 2.48. The first-order valence-corrected chi connectivity index (χ1v) is 8.20. The molecule has 0 bridgehead atoms. The standard InChI is InChI=1S/C19H22N2O4/c1-3-13(2)25-17-12-15(9-10-20-17)18(22)21-16(19(23)24)11-14-7-5-4-6-8-14/h4-10,12-13,16H,3,11H2,1-2H3,(H,21,22)(H,23,24). The lowest BCUT2D eigenvalue weighted by Gasteiger charge is -2.15. The maximum absolute atomic E-state index is 12.4. The van der Waals surface area contributed by atoms with Crippen LogP contribution in [0.15, 0.2) is 48.7 Å². The van der Waals surface area contributed by atoms with Crippen LogP contribution in [0.25, 0.3) is 0 Å². The molecule has 0 aliphatic carbocycles. The van der Waals surface area contributed by atoms with E-state index in [1.165, 1.54) is 18.3 Å². The van der Waals surface area contributed by atoms with Gasteiger partial charge >= 0.3 is 5.97 Å². The Morgan fingerprint density at radius 3 is 2.60 bits per heavy atom. The summed E-state index contributed by atoms with van der Waals surface area (Å²) in [7, 11) is 0. The van der Waals surface area contributed by atoms with Crippen LogP contribution in [0.2, 0.25) is 0 Å². The average Bonchev–Trinajstić information content (AvgIpc) is 2.62. The second-order valence-corrected chi connectivity index (χ2v) is 5.77. The van der Waals surface area contributed by atoms with Crippen LogP contribution in [0.1, 0.15) is 36.2 Å². The van der Waals surface area contributed by atoms with Gasteiger partial charge in [0.15, 0.2) is 0 Å². The lowest BCUT2D eigenvalue weighted by Crippen LogP contribution is -2.42. The van der Waals surface area contributed by atoms with Gasteiger partial charge in [0.25, 0.3) is 5.91 Å². The molecule has 2 atom stereocenters. The number of aromatic nitrogens is 1. The van der Waals surface area contributed by atoms with Crippen molar-refractivity contribution in [2.75, 3.05) is 0 Å². The molecule has 1 amide bonds. The van der Waals surface area contributed by atoms with Crippen LogP contribution in [-0.4, -0.2) is 34.1 Å². The van der Waals surface area contributed by atoms with Crippen LogP contribution in [0, 0.1) is 0 Å². The molecule has 0 aliphatic heterocycles. The largest absolute Gasteiger partial charge is 0.480 e. The first-order valence-electron chi connectivity index (χ1n) is 8.20. The van der Waals surface area contributed by atoms with Crippen molar-refractivity contribution < 1.29 is 19.4 Å². The van der Waals surface area contributed by atoms with Gasteiger partial charge in [0, 0.05) is 24.2 Å². The minimum Gasteiger partial charge on any atom is -0.480 e. The second-order valence-electron chi connectivity index (χ2n) is 5.77. The Labute approximate surface area is 146 Å². The van der Waals surface area contributed by atoms with E-state index in [1.54, 1.807) is 0 Å². The Morgan fingerprint density at radius 1 is 1.24 bits per heavy atom. The van der Waals surface area contributed by atoms with Gasteiger partial charge in [-0.05, 0) is 25.0 Å². The molecule has 1 aromatic heterocycles. The topological polar surface area (TPSA) is 88.5 Å². The smallest absolute Gasteiger partial charge is 0.326 e. The van der Waals surface area contributed by atoms with Gasteiger partial charge in [0.05, 0.1) is 6.10 Å². The number of amides is 1. The van der Waals surface area contributed by atoms with Gasteiger partial charge in [0.1, 0.15) is 6.04 Å². The number of nitrogens with one attached hydrogen (secondary N) is 1. The van der Waals surface area contributed by atoms with E-state index in [2.05, 4.69) is 10.3 Å². The summed E-state index contributed by atoms with van der Waals surface area (Å²) in [5, 5.41) is 11.9. The maximum atomic E-state index is 12.4. The highest BCUT2D eigenvalue weighted by Gasteiger charge is 2.21. The minimum absolute atomic E-state index is 0.0179. The number of hydrogen-bond donors (Lipinski definition) is 2. The van der Waals surface area contributed by atoms with Crippen molar-refractivity contribution in [3.05, 3.63) is 59.8 Å². The fourth-order valence-electron chi connectivity index (χ4n) is 2.20. The monoisotopic (exact) mass is 342 g/mol. The Bertz CT molecular complexity index is 718. The number of carbonyl (C=O) groups is 2. The number of rotatable bonds is 8. The van der Waals surface area contributed by atoms with Crippen molar-refractivity contribution in [2.45, 2.75) is 38.8 Å². The molecule has 0 spiro atoms. The molecule has 2 unspecified atom stereocenters. The number of ether oxygens (including phenoxy) is 1. The molecule has 2 aromatic rings. The summed E-state index contributed by atoms with van der Waals surface area (Å²) in [4.78, 5) is 27.9. The summed E-state index contributed by atoms with van der Waals surface area (Å²) in [6.45, 7) is 3.90. The summed E-state index contributed by atoms with van der Waals surface area (Å²) in [5.74, 6) is -1.21. The van der Waals surface area contributed by atoms with Crippen LogP contribution >= 0.6 is 0 Å². The van der Waals surface area contributed by atoms with E-state index in [-0.39, 0.29) is 12.5 Å². The Balaban J connectivity index is 2.08. The number of hydrogen-bond acceptors (Lipinski definition) is 4. The molecular formula is C19H22N2O4. The highest BCUT2D eigenvalue weighted by atomic mass is 16.5. The van der Waals surface area contributed by atoms with Crippen LogP contribution < -0.4 is 10.1 Å². The molecule has 0 saturated carbocycles. The Hall–Kier alpha value is -2.89. The third kappa shape index (κ3) is 5.60. The molecular weight excluding hydrogens is 320 g/mol. The predicted octanol–water partition coefficient (Wildman–Crippen LogP) is 2.68. The van der Waals surface area contributed by atoms with Crippen molar-refractivity contribution in [1.82, 2.24) is 10.3 Å². The third-order valence-electron chi connectivity index (χ3n) is 3.78. The quantitative estimate of drug-likeness (QED) is 0.770. The first kappa shape index (κ1) is 18.4. The van der Waals surface area contributed by atoms with Gasteiger partial charge in [-0.3, -0.25) is 4.79 Å². The van der Waals surface area contributed by atoms with E-state index >= 15 is 0 Å². The van der Waals surface area contributed by atoms with Crippen molar-refractivity contribution in [3.8, 4) is 5.88 Å². The number of nitrogens with zero attached hydrogens (tertiary/aromatic N) is 1. The molecule has 6 nitrogen and oxygen atoms in total. The zero-order chi connectivity index (χ0) is 18.2. The van der Waals surface area contributed by atoms with E-state index in [9.17, 15) is 14.7 Å². The van der Waals surface area contributed by atoms with Crippen LogP contribution in [0.5, 0.6) is 5.88 Å². The van der Waals surface area contributed by atoms with Crippen LogP contribution in [-0.2, 0) is 11.2 Å². The van der Waals surface area contributed by atoms with Crippen LogP contribution in [0.4, 0.5) is 0 Å². The van der Waals surface area contributed by atoms with Gasteiger partial charge in [-0.25, -0.2) is 9.78 Å². The van der Waals surface area contributed by atoms with Crippen molar-refractivity contribution in [2.24, 2.45) is 0 Å². The number of carbonyl (C=O) groups excluding carboxylic acids is 1. The van der Waals surface area contributed by atoms with Crippen molar-refractivity contribution in [1.29, 1.82) is 0 Å². The molecule has 0 aliphatic rings. The second kappa shape index (κ2) is 8.82. The van der Waals surface area contributed by atoms with Crippen molar-refractivity contribution in [3.63, 3.8) is 0 Å². The SMILES string of the molecule is CCC(C)Oc1cc(C(=O)NC(Cc2ccccc2)C(=O)O)ccn1. The first-order chi connectivity index (χ1) is 12.0. The number of benzene rings is 1. The summed E-state index contributed by atoms with van der Waals surface area (Å²) < 4.78 is 5.59. The zero-order valence-electron chi connectivity index (χ0n) is 14.3. The average molecular weight is 342 g/mol. The molecule has 0 fully saturated rings. The third-order valence-corrected chi connectivity index (χ3v) is 3.78. The van der Waals surface area contributed by atoms with Gasteiger partial charge < -0.3 is 15.2 Å². The highest BCUT2D eigenvalue weighted by molar-refractivity contribution is 5.96. The summed E-state index contributed by atoms with van der Waals surface area (Å²) >= 11 is 0. The van der Waals surface area contributed by atoms with E-state index in [4.69, 9.17) is 4.74 Å². The fourth-order valence-corrected chi connectivity index (χ4v) is 2.20. The molecule has 1 aromatic carbocycles. The normalized spacial score (nSPS) is 12.9. The highest BCUT2D eigenvalue weighted by Crippen LogP contribution is 2.13. The number of carboxylic acid groups (broad SMARTS) is 1. The minimum atomic E-state index is -1.08.